The second-order valence-electron chi connectivity index (χ2n) is 10.7. The number of aromatic nitrogens is 7. The van der Waals surface area contributed by atoms with Crippen LogP contribution >= 0.6 is 0 Å². The number of aryl methyl sites for hydroxylation is 2. The molecule has 0 spiro atoms. The van der Waals surface area contributed by atoms with Crippen LogP contribution in [0.25, 0.3) is 39.7 Å². The van der Waals surface area contributed by atoms with E-state index in [0.717, 1.165) is 22.9 Å². The van der Waals surface area contributed by atoms with Crippen molar-refractivity contribution in [2.24, 2.45) is 7.05 Å². The maximum Gasteiger partial charge on any atom is 0.429 e. The summed E-state index contributed by atoms with van der Waals surface area (Å²) in [5, 5.41) is 15.2. The first-order valence-electron chi connectivity index (χ1n) is 13.6. The number of hydrogen-bond donors (Lipinski definition) is 0. The number of benzene rings is 3. The zero-order chi connectivity index (χ0) is 30.4. The van der Waals surface area contributed by atoms with Crippen LogP contribution in [0.1, 0.15) is 36.6 Å². The Kier molecular flexibility index (Phi) is 8.38. The second kappa shape index (κ2) is 11.9. The molecule has 44 heavy (non-hydrogen) atoms. The summed E-state index contributed by atoms with van der Waals surface area (Å²) in [5.41, 5.74) is 7.73. The van der Waals surface area contributed by atoms with Crippen LogP contribution < -0.4 is 9.67 Å². The molecule has 3 aromatic carbocycles. The summed E-state index contributed by atoms with van der Waals surface area (Å²) in [6.07, 6.45) is -2.86. The van der Waals surface area contributed by atoms with Gasteiger partial charge in [-0.05, 0) is 36.1 Å². The monoisotopic (exact) mass is 771 g/mol. The topological polar surface area (TPSA) is 74.5 Å². The van der Waals surface area contributed by atoms with Gasteiger partial charge in [0.2, 0.25) is 5.69 Å². The van der Waals surface area contributed by atoms with Gasteiger partial charge in [0, 0.05) is 43.7 Å². The Labute approximate surface area is 266 Å². The molecule has 3 aromatic heterocycles. The van der Waals surface area contributed by atoms with Crippen molar-refractivity contribution in [3.05, 3.63) is 120 Å². The molecule has 3 heterocycles. The third-order valence-electron chi connectivity index (χ3n) is 7.58. The molecular weight excluding hydrogens is 744 g/mol. The van der Waals surface area contributed by atoms with Crippen LogP contribution in [0.4, 0.5) is 13.2 Å². The van der Waals surface area contributed by atoms with E-state index in [1.54, 1.807) is 36.0 Å². The number of halogens is 3. The zero-order valence-electron chi connectivity index (χ0n) is 24.3. The molecule has 0 aliphatic heterocycles. The molecule has 7 rings (SSSR count). The summed E-state index contributed by atoms with van der Waals surface area (Å²) in [6.45, 7) is 6.56. The number of alkyl halides is 3. The molecule has 7 nitrogen and oxygen atoms in total. The maximum atomic E-state index is 12.2. The summed E-state index contributed by atoms with van der Waals surface area (Å²) in [5.74, 6) is 0.447. The fourth-order valence-corrected chi connectivity index (χ4v) is 5.42. The molecule has 1 radical (unpaired) electrons. The average Bonchev–Trinajstić information content (AvgIpc) is 3.70. The molecule has 1 aliphatic rings. The van der Waals surface area contributed by atoms with Crippen LogP contribution in [0.5, 0.6) is 0 Å². The first kappa shape index (κ1) is 31.0. The first-order chi connectivity index (χ1) is 20.6. The predicted octanol–water partition coefficient (Wildman–Crippen LogP) is 6.29. The quantitative estimate of drug-likeness (QED) is 0.156. The maximum absolute atomic E-state index is 12.2. The van der Waals surface area contributed by atoms with Gasteiger partial charge in [0.25, 0.3) is 0 Å². The molecule has 0 amide bonds. The summed E-state index contributed by atoms with van der Waals surface area (Å²) >= 11 is 0. The Hall–Kier alpha value is -4.47. The van der Waals surface area contributed by atoms with E-state index in [2.05, 4.69) is 98.4 Å². The van der Waals surface area contributed by atoms with Crippen molar-refractivity contribution in [1.82, 2.24) is 29.9 Å². The van der Waals surface area contributed by atoms with E-state index in [1.807, 2.05) is 25.1 Å². The molecular formula is C33H27F3IrN7-. The molecule has 0 N–H and O–H groups in total. The summed E-state index contributed by atoms with van der Waals surface area (Å²) in [6, 6.07) is 31.8. The van der Waals surface area contributed by atoms with Gasteiger partial charge in [-0.25, -0.2) is 4.57 Å². The van der Waals surface area contributed by atoms with Crippen LogP contribution in [0.3, 0.4) is 0 Å². The molecule has 1 aliphatic carbocycles. The van der Waals surface area contributed by atoms with E-state index >= 15 is 0 Å². The van der Waals surface area contributed by atoms with Crippen molar-refractivity contribution in [2.45, 2.75) is 32.4 Å². The number of pyridine rings is 1. The SMILES string of the molecule is C[n+]1ccccc1-c1nc(C(F)(F)F)n[n-]1.Cc1nnc(-c2[c-]cc3c(c2)C(C)(C)c2ccccc2-3)n1-c1ccccc1.[Ir]. The van der Waals surface area contributed by atoms with E-state index in [9.17, 15) is 13.2 Å². The Morgan fingerprint density at radius 3 is 2.30 bits per heavy atom. The molecule has 225 valence electrons. The molecule has 0 atom stereocenters. The van der Waals surface area contributed by atoms with Crippen LogP contribution in [0.2, 0.25) is 0 Å². The van der Waals surface area contributed by atoms with Crippen molar-refractivity contribution < 1.29 is 37.8 Å². The van der Waals surface area contributed by atoms with Gasteiger partial charge in [0.1, 0.15) is 18.7 Å². The number of para-hydroxylation sites is 1. The minimum absolute atomic E-state index is 0. The second-order valence-corrected chi connectivity index (χ2v) is 10.7. The van der Waals surface area contributed by atoms with Gasteiger partial charge in [-0.15, -0.1) is 34.4 Å². The van der Waals surface area contributed by atoms with E-state index < -0.39 is 12.0 Å². The minimum atomic E-state index is -4.56. The van der Waals surface area contributed by atoms with Gasteiger partial charge >= 0.3 is 6.18 Å². The smallest absolute Gasteiger partial charge is 0.409 e. The van der Waals surface area contributed by atoms with Gasteiger partial charge in [0.15, 0.2) is 6.20 Å². The Morgan fingerprint density at radius 2 is 1.59 bits per heavy atom. The van der Waals surface area contributed by atoms with Crippen molar-refractivity contribution in [3.8, 4) is 39.7 Å². The number of nitrogens with zero attached hydrogens (tertiary/aromatic N) is 7. The van der Waals surface area contributed by atoms with Crippen molar-refractivity contribution >= 4 is 0 Å². The zero-order valence-corrected chi connectivity index (χ0v) is 26.7. The van der Waals surface area contributed by atoms with Crippen LogP contribution in [0, 0.1) is 13.0 Å². The summed E-state index contributed by atoms with van der Waals surface area (Å²) < 4.78 is 40.4. The fraction of sp³-hybridized carbons (Fsp3) is 0.182. The average molecular weight is 771 g/mol. The fourth-order valence-electron chi connectivity index (χ4n) is 5.42. The summed E-state index contributed by atoms with van der Waals surface area (Å²) in [7, 11) is 1.69. The molecule has 6 aromatic rings. The van der Waals surface area contributed by atoms with Crippen LogP contribution in [-0.2, 0) is 38.7 Å². The third-order valence-corrected chi connectivity index (χ3v) is 7.58. The van der Waals surface area contributed by atoms with Gasteiger partial charge in [-0.2, -0.15) is 18.3 Å². The largest absolute Gasteiger partial charge is 0.429 e. The molecule has 0 bridgehead atoms. The van der Waals surface area contributed by atoms with Gasteiger partial charge < -0.3 is 14.6 Å². The van der Waals surface area contributed by atoms with Gasteiger partial charge in [-0.3, -0.25) is 5.10 Å². The molecule has 0 saturated carbocycles. The van der Waals surface area contributed by atoms with E-state index in [4.69, 9.17) is 0 Å². The van der Waals surface area contributed by atoms with Crippen molar-refractivity contribution in [3.63, 3.8) is 0 Å². The molecule has 0 fully saturated rings. The Bertz CT molecular complexity index is 1930. The van der Waals surface area contributed by atoms with Crippen LogP contribution in [0.15, 0.2) is 91.1 Å². The van der Waals surface area contributed by atoms with E-state index in [-0.39, 0.29) is 31.3 Å². The van der Waals surface area contributed by atoms with Gasteiger partial charge in [-0.1, -0.05) is 67.4 Å². The third kappa shape index (κ3) is 5.60. The standard InChI is InChI=1S/C24H20N3.C9H7F3N4.Ir/c1-16-25-26-23(27(16)18-9-5-4-6-10-18)17-13-14-20-19-11-7-8-12-21(19)24(2,3)22(20)15-17;1-16-5-3-2-4-6(16)7-13-8(15-14-7)9(10,11)12;/h4-12,14-15H,1-3H3;2-5H,1H3;/q-1;;. The molecule has 0 saturated heterocycles. The van der Waals surface area contributed by atoms with Gasteiger partial charge in [0.05, 0.1) is 5.82 Å². The minimum Gasteiger partial charge on any atom is -0.409 e. The normalized spacial score (nSPS) is 12.9. The molecule has 11 heteroatoms. The van der Waals surface area contributed by atoms with E-state index in [1.165, 1.54) is 22.3 Å². The predicted molar refractivity (Wildman–Crippen MR) is 155 cm³/mol. The summed E-state index contributed by atoms with van der Waals surface area (Å²) in [4.78, 5) is 3.34. The number of fused-ring (bicyclic) bond motifs is 3. The first-order valence-corrected chi connectivity index (χ1v) is 13.6. The Morgan fingerprint density at radius 1 is 0.886 bits per heavy atom. The number of hydrogen-bond acceptors (Lipinski definition) is 4. The van der Waals surface area contributed by atoms with Crippen molar-refractivity contribution in [2.75, 3.05) is 0 Å². The van der Waals surface area contributed by atoms with Crippen LogP contribution in [-0.4, -0.2) is 24.8 Å². The van der Waals surface area contributed by atoms with Crippen molar-refractivity contribution in [1.29, 1.82) is 0 Å². The number of rotatable bonds is 3. The molecule has 0 unspecified atom stereocenters. The van der Waals surface area contributed by atoms with E-state index in [0.29, 0.717) is 5.69 Å². The Balaban J connectivity index is 0.000000194.